The number of aryl methyl sites for hydroxylation is 4. The molecule has 148 heavy (non-hydrogen) atoms. The minimum atomic E-state index is -3.73. The van der Waals surface area contributed by atoms with Gasteiger partial charge in [-0.3, -0.25) is 66.3 Å². The zero-order chi connectivity index (χ0) is 104. The van der Waals surface area contributed by atoms with Crippen molar-refractivity contribution in [1.82, 2.24) is 65.8 Å². The highest BCUT2D eigenvalue weighted by Gasteiger charge is 2.33. The molecular weight excluding hydrogens is 2020 g/mol. The minimum absolute atomic E-state index is 0.0214. The Hall–Kier alpha value is -18.3. The molecule has 1 fully saturated rings. The molecule has 1 unspecified atom stereocenters. The number of morpholine rings is 1. The summed E-state index contributed by atoms with van der Waals surface area (Å²) in [5.74, 6) is -0.581. The van der Waals surface area contributed by atoms with Gasteiger partial charge >= 0.3 is 22.8 Å². The molecule has 1 aliphatic heterocycles. The molecule has 0 aliphatic carbocycles. The van der Waals surface area contributed by atoms with Gasteiger partial charge in [-0.15, -0.1) is 11.3 Å². The van der Waals surface area contributed by atoms with Crippen molar-refractivity contribution in [3.63, 3.8) is 0 Å². The van der Waals surface area contributed by atoms with E-state index in [1.165, 1.54) is 142 Å². The van der Waals surface area contributed by atoms with E-state index in [9.17, 15) is 41.2 Å². The fourth-order valence-corrected chi connectivity index (χ4v) is 20.3. The molecule has 10 aromatic heterocycles. The number of hydrogen-bond donors (Lipinski definition) is 1. The van der Waals surface area contributed by atoms with E-state index < -0.39 is 68.1 Å². The van der Waals surface area contributed by atoms with Gasteiger partial charge in [0.1, 0.15) is 43.1 Å². The first-order valence-corrected chi connectivity index (χ1v) is 47.9. The number of carbonyl (C=O) groups excluding carboxylic acids is 1. The molecule has 1 aliphatic rings. The van der Waals surface area contributed by atoms with E-state index in [0.29, 0.717) is 140 Å². The number of halogens is 5. The molecule has 0 saturated carbocycles. The van der Waals surface area contributed by atoms with Crippen LogP contribution in [0.2, 0.25) is 0 Å². The largest absolute Gasteiger partial charge is 0.493 e. The second kappa shape index (κ2) is 41.9. The standard InChI is InChI=1S/C28H24FN5O6S2.C27H20FN5O4.C26H18BrFN4O3.C25H18FN5O3/c1-32-22-15-31-20-13-23(38-2)24(40-16-25-26(5-10-41-25)42(36,37)33-6-8-39-9-7-33)12-18(20)27(22)34(28(32)35)21-4-3-17(14-30)11-19(21)29;1-32-21-14-31-19-12-22(36-2)23(37-25(26(30)34)16-6-4-3-5-7-16)11-17(19)24(21)33(27(32)35)20-9-8-15(13-29)10-18(20)28;1-31-22-13-30-20-11-23(34-2)24(35-14-16-5-3-4-6-18(16)27)10-17(20)25(22)32(26(31)33)21-8-7-15(12-29)9-19(21)28;1-30-21-13-29-19-11-22(33-2)23(34-14-15-5-7-28-8-6-15)10-17(19)24(21)31(25(30)32)20-4-3-16(12-27)9-18(20)26/h3-5,10-13,15H,6-9,16H2,1-2H3;3-12,14,25H,1-2H3,(H2,30,34);3-11,13H,14H2,1-2H3;3-11,13H,14H2,1-2H3. The third-order valence-electron chi connectivity index (χ3n) is 24.7. The molecular formula is C106H80BrF4N19O16S2. The van der Waals surface area contributed by atoms with Crippen LogP contribution in [0.25, 0.3) is 110 Å². The molecule has 1 atom stereocenters. The molecule has 2 N–H and O–H groups in total. The van der Waals surface area contributed by atoms with Gasteiger partial charge in [-0.05, 0) is 132 Å². The van der Waals surface area contributed by atoms with Gasteiger partial charge in [0.15, 0.2) is 46.0 Å². The average Bonchev–Trinajstić information content (AvgIpc) is 1.59. The van der Waals surface area contributed by atoms with Crippen molar-refractivity contribution in [3.05, 3.63) is 350 Å². The summed E-state index contributed by atoms with van der Waals surface area (Å²) in [6.45, 7) is 1.72. The molecule has 1 amide bonds. The van der Waals surface area contributed by atoms with Crippen molar-refractivity contribution in [2.75, 3.05) is 54.7 Å². The van der Waals surface area contributed by atoms with E-state index in [1.54, 1.807) is 143 Å². The van der Waals surface area contributed by atoms with Crippen molar-refractivity contribution in [1.29, 1.82) is 21.0 Å². The number of pyridine rings is 5. The van der Waals surface area contributed by atoms with Crippen molar-refractivity contribution in [3.8, 4) is 93.0 Å². The van der Waals surface area contributed by atoms with Crippen molar-refractivity contribution in [2.24, 2.45) is 33.9 Å². The molecule has 1 saturated heterocycles. The van der Waals surface area contributed by atoms with Gasteiger partial charge in [0.25, 0.3) is 5.91 Å². The number of ether oxygens (including phenoxy) is 9. The maximum absolute atomic E-state index is 15.1. The number of hydrogen-bond acceptors (Lipinski definition) is 26. The van der Waals surface area contributed by atoms with Crippen molar-refractivity contribution >= 4 is 131 Å². The second-order valence-corrected chi connectivity index (χ2v) is 37.0. The lowest BCUT2D eigenvalue weighted by Crippen LogP contribution is -2.40. The summed E-state index contributed by atoms with van der Waals surface area (Å²) in [5, 5.41) is 40.3. The van der Waals surface area contributed by atoms with Crippen LogP contribution in [0.1, 0.15) is 49.9 Å². The van der Waals surface area contributed by atoms with Crippen LogP contribution in [0.4, 0.5) is 17.6 Å². The van der Waals surface area contributed by atoms with Crippen LogP contribution in [0.15, 0.2) is 265 Å². The van der Waals surface area contributed by atoms with Gasteiger partial charge in [-0.1, -0.05) is 64.5 Å². The first kappa shape index (κ1) is 99.8. The lowest BCUT2D eigenvalue weighted by molar-refractivity contribution is -0.125. The summed E-state index contributed by atoms with van der Waals surface area (Å²) in [4.78, 5) is 87.8. The number of nitriles is 4. The molecule has 0 spiro atoms. The number of amides is 1. The highest BCUT2D eigenvalue weighted by atomic mass is 79.9. The van der Waals surface area contributed by atoms with E-state index in [4.69, 9.17) is 69.4 Å². The summed E-state index contributed by atoms with van der Waals surface area (Å²) < 4.78 is 151. The Bertz CT molecular complexity index is 9340. The van der Waals surface area contributed by atoms with E-state index in [0.717, 1.165) is 39.9 Å². The molecule has 742 valence electrons. The molecule has 42 heteroatoms. The predicted molar refractivity (Wildman–Crippen MR) is 544 cm³/mol. The van der Waals surface area contributed by atoms with E-state index >= 15 is 8.78 Å². The number of aromatic nitrogens is 13. The predicted octanol–water partition coefficient (Wildman–Crippen LogP) is 16.2. The number of thiophene rings is 1. The number of nitrogens with two attached hydrogens (primary N) is 1. The van der Waals surface area contributed by atoms with Gasteiger partial charge in [-0.25, -0.2) is 45.2 Å². The number of imidazole rings is 4. The topological polar surface area (TPSA) is 431 Å². The number of methoxy groups -OCH3 is 4. The smallest absolute Gasteiger partial charge is 0.333 e. The summed E-state index contributed by atoms with van der Waals surface area (Å²) in [5.41, 5.74) is 12.4. The quantitative estimate of drug-likeness (QED) is 0.0581. The highest BCUT2D eigenvalue weighted by molar-refractivity contribution is 9.10. The van der Waals surface area contributed by atoms with Crippen LogP contribution < -0.4 is 66.4 Å². The zero-order valence-electron chi connectivity index (χ0n) is 79.4. The first-order chi connectivity index (χ1) is 71.5. The normalized spacial score (nSPS) is 12.2. The van der Waals surface area contributed by atoms with E-state index in [2.05, 4.69) is 40.8 Å². The van der Waals surface area contributed by atoms with Crippen LogP contribution in [0, 0.1) is 68.6 Å². The first-order valence-electron chi connectivity index (χ1n) is 44.8. The number of nitrogens with zero attached hydrogens (tertiary/aromatic N) is 18. The Morgan fingerprint density at radius 2 is 0.791 bits per heavy atom. The second-order valence-electron chi connectivity index (χ2n) is 33.2. The Kier molecular flexibility index (Phi) is 28.3. The lowest BCUT2D eigenvalue weighted by atomic mass is 10.1. The average molecular weight is 2100 g/mol. The van der Waals surface area contributed by atoms with Crippen LogP contribution in [0.3, 0.4) is 0 Å². The molecule has 35 nitrogen and oxygen atoms in total. The Balaban J connectivity index is 0.000000130. The molecule has 0 radical (unpaired) electrons. The number of fused-ring (bicyclic) bond motifs is 12. The Morgan fingerprint density at radius 3 is 1.14 bits per heavy atom. The van der Waals surface area contributed by atoms with Gasteiger partial charge in [0, 0.05) is 115 Å². The van der Waals surface area contributed by atoms with Crippen LogP contribution in [-0.4, -0.2) is 135 Å². The number of rotatable bonds is 23. The van der Waals surface area contributed by atoms with Crippen LogP contribution >= 0.6 is 27.3 Å². The Morgan fingerprint density at radius 1 is 0.446 bits per heavy atom. The third-order valence-corrected chi connectivity index (χ3v) is 28.5. The number of sulfonamides is 1. The summed E-state index contributed by atoms with van der Waals surface area (Å²) >= 11 is 4.78. The van der Waals surface area contributed by atoms with E-state index in [1.807, 2.05) is 60.7 Å². The zero-order valence-corrected chi connectivity index (χ0v) is 82.6. The maximum atomic E-state index is 15.1. The Labute approximate surface area is 848 Å². The third kappa shape index (κ3) is 18.8. The van der Waals surface area contributed by atoms with Gasteiger partial charge in [0.05, 0.1) is 212 Å². The van der Waals surface area contributed by atoms with Crippen molar-refractivity contribution in [2.45, 2.75) is 30.8 Å². The SMILES string of the molecule is COc1cc2ncc3c(c2cc1OC(C(N)=O)c1ccccc1)n(-c1ccc(C#N)cc1F)c(=O)n3C.COc1cc2ncc3c(c2cc1OCc1ccccc1Br)n(-c1ccc(C#N)cc1F)c(=O)n3C.COc1cc2ncc3c(c2cc1OCc1ccncc1)n(-c1ccc(C#N)cc1F)c(=O)n3C.COc1cc2ncc3c(c2cc1OCc1sccc1S(=O)(=O)N1CCOCC1)n(-c1ccc(C#N)cc1F)c(=O)n3C. The van der Waals surface area contributed by atoms with Gasteiger partial charge < -0.3 is 48.4 Å². The minimum Gasteiger partial charge on any atom is -0.493 e. The van der Waals surface area contributed by atoms with Crippen LogP contribution in [0.5, 0.6) is 46.0 Å². The molecule has 0 bridgehead atoms. The van der Waals surface area contributed by atoms with Crippen molar-refractivity contribution < 1.29 is 73.4 Å². The number of primary amides is 1. The number of carbonyl (C=O) groups is 1. The van der Waals surface area contributed by atoms with Gasteiger partial charge in [-0.2, -0.15) is 25.4 Å². The fraction of sp³-hybridized carbons (Fsp3) is 0.151. The maximum Gasteiger partial charge on any atom is 0.333 e. The molecule has 11 heterocycles. The summed E-state index contributed by atoms with van der Waals surface area (Å²) in [7, 11) is 8.56. The number of benzene rings is 10. The molecule has 10 aromatic carbocycles. The summed E-state index contributed by atoms with van der Waals surface area (Å²) in [6, 6.07) is 58.5. The van der Waals surface area contributed by atoms with Crippen LogP contribution in [-0.2, 0) is 67.6 Å². The van der Waals surface area contributed by atoms with Gasteiger partial charge in [0.2, 0.25) is 16.1 Å². The van der Waals surface area contributed by atoms with E-state index in [-0.39, 0.29) is 100 Å². The monoisotopic (exact) mass is 2090 g/mol. The lowest BCUT2D eigenvalue weighted by Gasteiger charge is -2.26. The molecule has 21 rings (SSSR count). The highest BCUT2D eigenvalue weighted by Crippen LogP contribution is 2.44. The summed E-state index contributed by atoms with van der Waals surface area (Å²) in [6.07, 6.45) is 8.40. The fourth-order valence-electron chi connectivity index (χ4n) is 17.2. The molecule has 20 aromatic rings.